The molecule has 2 atom stereocenters. The summed E-state index contributed by atoms with van der Waals surface area (Å²) in [6, 6.07) is 43.9. The van der Waals surface area contributed by atoms with Crippen LogP contribution in [0.3, 0.4) is 0 Å². The zero-order chi connectivity index (χ0) is 47.4. The second kappa shape index (κ2) is 22.7. The van der Waals surface area contributed by atoms with Crippen LogP contribution in [-0.2, 0) is 33.7 Å². The Morgan fingerprint density at radius 3 is 1.16 bits per heavy atom. The summed E-state index contributed by atoms with van der Waals surface area (Å²) < 4.78 is 0. The normalized spacial score (nSPS) is 27.9. The fraction of sp³-hybridized carbons (Fsp3) is 0.531. The maximum atomic E-state index is 4.93. The van der Waals surface area contributed by atoms with E-state index in [1.807, 2.05) is 0 Å². The number of rotatable bonds is 12. The molecule has 0 aromatic heterocycles. The van der Waals surface area contributed by atoms with Crippen molar-refractivity contribution in [2.45, 2.75) is 168 Å². The maximum absolute atomic E-state index is 4.93. The third-order valence-electron chi connectivity index (χ3n) is 18.4. The van der Waals surface area contributed by atoms with Gasteiger partial charge in [-0.2, -0.15) is 12.1 Å². The van der Waals surface area contributed by atoms with Crippen LogP contribution >= 0.6 is 17.0 Å². The average Bonchev–Trinajstić information content (AvgIpc) is 3.94. The Labute approximate surface area is 433 Å². The molecule has 0 spiro atoms. The molecule has 2 radical (unpaired) electrons. The zero-order valence-electron chi connectivity index (χ0n) is 42.5. The molecule has 68 heavy (non-hydrogen) atoms. The molecule has 8 bridgehead atoms. The van der Waals surface area contributed by atoms with Gasteiger partial charge in [-0.15, -0.1) is 69.1 Å². The van der Waals surface area contributed by atoms with E-state index < -0.39 is 20.8 Å². The number of hydrogen-bond donors (Lipinski definition) is 0. The summed E-state index contributed by atoms with van der Waals surface area (Å²) in [5, 5.41) is 5.76. The van der Waals surface area contributed by atoms with E-state index in [1.54, 1.807) is 11.1 Å². The molecular formula is C64H80Cl2SiZr. The van der Waals surface area contributed by atoms with Crippen molar-refractivity contribution in [3.63, 3.8) is 0 Å². The van der Waals surface area contributed by atoms with Gasteiger partial charge in [0.15, 0.2) is 0 Å². The molecule has 0 aliphatic heterocycles. The van der Waals surface area contributed by atoms with Crippen LogP contribution in [0.5, 0.6) is 0 Å². The van der Waals surface area contributed by atoms with Crippen molar-refractivity contribution in [3.05, 3.63) is 131 Å². The predicted molar refractivity (Wildman–Crippen MR) is 294 cm³/mol. The molecule has 358 valence electrons. The van der Waals surface area contributed by atoms with Crippen LogP contribution in [0.2, 0.25) is 12.6 Å². The van der Waals surface area contributed by atoms with Gasteiger partial charge < -0.3 is 0 Å². The molecule has 8 aliphatic carbocycles. The molecular weight excluding hydrogens is 959 g/mol. The van der Waals surface area contributed by atoms with Crippen molar-refractivity contribution >= 4 is 48.1 Å². The minimum atomic E-state index is -0.826. The van der Waals surface area contributed by atoms with Crippen LogP contribution in [0.15, 0.2) is 109 Å². The average molecular weight is 1040 g/mol. The van der Waals surface area contributed by atoms with E-state index in [4.69, 9.17) is 17.0 Å². The summed E-state index contributed by atoms with van der Waals surface area (Å²) in [7, 11) is 11.0. The molecule has 0 heterocycles. The molecule has 0 N–H and O–H groups in total. The van der Waals surface area contributed by atoms with Crippen molar-refractivity contribution in [1.29, 1.82) is 0 Å². The van der Waals surface area contributed by atoms with E-state index in [0.29, 0.717) is 22.7 Å². The second-order valence-corrected chi connectivity index (χ2v) is 28.5. The third kappa shape index (κ3) is 11.5. The Balaban J connectivity index is 0.000000147. The standard InChI is InChI=1S/2C30H35.C4H10Si.2ClH.Zr/c2*1-3-20(2)25-7-9-26(10-8-25)28-6-4-5-27-14-24(15-29(27)28)19-30-16-21-11-22(17-30)13-23(12-21)18-30;1-3-4-5-2;;;/h2*4-10,14-15,20-23H,3,11-13,16-19H2,1-2H3;3-4H2,1-2H3;2*1H;/q2*-1;;;;+4/p-2. The molecule has 2 unspecified atom stereocenters. The summed E-state index contributed by atoms with van der Waals surface area (Å²) in [5.74, 6) is 7.53. The molecule has 0 nitrogen and oxygen atoms in total. The van der Waals surface area contributed by atoms with Crippen LogP contribution in [0, 0.1) is 46.3 Å². The van der Waals surface area contributed by atoms with Crippen LogP contribution in [0.1, 0.15) is 165 Å². The summed E-state index contributed by atoms with van der Waals surface area (Å²) in [5.41, 5.74) is 12.9. The fourth-order valence-electron chi connectivity index (χ4n) is 15.9. The summed E-state index contributed by atoms with van der Waals surface area (Å²) in [6.45, 7) is 13.6. The minimum absolute atomic E-state index is 0.622. The van der Waals surface area contributed by atoms with Crippen molar-refractivity contribution in [2.75, 3.05) is 0 Å². The molecule has 8 saturated carbocycles. The SMILES string of the molecule is CCC(C)c1ccc(-c2cccc3[cH-]c(CC45CC6CC(CC(C6)C4)C5)cc23)cc1.CCC(C)c1ccc(-c2cccc3[cH-]c(CC45CC6CC(CC(C6)C4)C5)cc23)cc1.CCC[Si]C.[Cl][Zr+2][Cl]. The molecule has 6 aromatic rings. The van der Waals surface area contributed by atoms with Crippen molar-refractivity contribution in [3.8, 4) is 22.3 Å². The first-order valence-corrected chi connectivity index (χ1v) is 35.3. The van der Waals surface area contributed by atoms with Crippen LogP contribution in [0.25, 0.3) is 43.8 Å². The van der Waals surface area contributed by atoms with E-state index in [9.17, 15) is 0 Å². The van der Waals surface area contributed by atoms with E-state index >= 15 is 0 Å². The van der Waals surface area contributed by atoms with E-state index in [2.05, 4.69) is 150 Å². The number of hydrogen-bond acceptors (Lipinski definition) is 0. The summed E-state index contributed by atoms with van der Waals surface area (Å²) in [4.78, 5) is 0. The monoisotopic (exact) mass is 1040 g/mol. The summed E-state index contributed by atoms with van der Waals surface area (Å²) in [6.07, 6.45) is 24.7. The quantitative estimate of drug-likeness (QED) is 0.0846. The Kier molecular flexibility index (Phi) is 16.9. The molecule has 0 amide bonds. The molecule has 4 heteroatoms. The van der Waals surface area contributed by atoms with E-state index in [1.165, 1.54) is 170 Å². The van der Waals surface area contributed by atoms with Crippen LogP contribution < -0.4 is 0 Å². The van der Waals surface area contributed by atoms with Gasteiger partial charge in [0.2, 0.25) is 0 Å². The first kappa shape index (κ1) is 50.7. The van der Waals surface area contributed by atoms with Gasteiger partial charge in [-0.05, 0) is 183 Å². The Morgan fingerprint density at radius 1 is 0.544 bits per heavy atom. The van der Waals surface area contributed by atoms with Crippen molar-refractivity contribution in [1.82, 2.24) is 0 Å². The van der Waals surface area contributed by atoms with Gasteiger partial charge in [-0.25, -0.2) is 0 Å². The number of fused-ring (bicyclic) bond motifs is 2. The first-order chi connectivity index (χ1) is 33.0. The topological polar surface area (TPSA) is 0 Å². The van der Waals surface area contributed by atoms with Gasteiger partial charge in [0.25, 0.3) is 0 Å². The van der Waals surface area contributed by atoms with Crippen molar-refractivity contribution < 1.29 is 20.8 Å². The Bertz CT molecular complexity index is 2290. The summed E-state index contributed by atoms with van der Waals surface area (Å²) >= 11 is -0.826. The van der Waals surface area contributed by atoms with Gasteiger partial charge in [0.1, 0.15) is 0 Å². The van der Waals surface area contributed by atoms with Crippen LogP contribution in [0.4, 0.5) is 0 Å². The third-order valence-corrected chi connectivity index (χ3v) is 19.4. The van der Waals surface area contributed by atoms with Gasteiger partial charge in [-0.1, -0.05) is 125 Å². The Hall–Kier alpha value is -2.22. The fourth-order valence-corrected chi connectivity index (χ4v) is 16.4. The second-order valence-electron chi connectivity index (χ2n) is 23.6. The molecule has 6 aromatic carbocycles. The molecule has 8 fully saturated rings. The molecule has 8 aliphatic rings. The Morgan fingerprint density at radius 2 is 0.882 bits per heavy atom. The number of halogens is 2. The van der Waals surface area contributed by atoms with E-state index in [0.717, 1.165) is 45.0 Å². The zero-order valence-corrected chi connectivity index (χ0v) is 47.5. The van der Waals surface area contributed by atoms with Gasteiger partial charge in [0, 0.05) is 9.52 Å². The van der Waals surface area contributed by atoms with Gasteiger partial charge >= 0.3 is 37.9 Å². The molecule has 0 saturated heterocycles. The first-order valence-electron chi connectivity index (χ1n) is 27.2. The van der Waals surface area contributed by atoms with E-state index in [-0.39, 0.29) is 0 Å². The van der Waals surface area contributed by atoms with Gasteiger partial charge in [0.05, 0.1) is 0 Å². The van der Waals surface area contributed by atoms with Crippen LogP contribution in [-0.4, -0.2) is 9.52 Å². The molecule has 14 rings (SSSR count). The predicted octanol–water partition coefficient (Wildman–Crippen LogP) is 19.9. The number of benzene rings is 4. The van der Waals surface area contributed by atoms with Crippen molar-refractivity contribution in [2.24, 2.45) is 46.3 Å². The van der Waals surface area contributed by atoms with Gasteiger partial charge in [-0.3, -0.25) is 0 Å².